The largest absolute Gasteiger partial charge is 0.483 e. The van der Waals surface area contributed by atoms with E-state index in [0.29, 0.717) is 0 Å². The van der Waals surface area contributed by atoms with E-state index in [0.717, 1.165) is 32.6 Å². The molecule has 6 nitrogen and oxygen atoms in total. The molecule has 3 N–H and O–H groups in total. The van der Waals surface area contributed by atoms with Crippen molar-refractivity contribution in [2.24, 2.45) is 0 Å². The van der Waals surface area contributed by atoms with E-state index in [1.54, 1.807) is 0 Å². The number of carbonyl (C=O) groups is 2. The molecule has 0 aliphatic carbocycles. The third-order valence-electron chi connectivity index (χ3n) is 1.77. The topological polar surface area (TPSA) is 95.9 Å². The van der Waals surface area contributed by atoms with Gasteiger partial charge in [0.15, 0.2) is 0 Å². The second-order valence-corrected chi connectivity index (χ2v) is 2.87. The molecule has 1 atom stereocenters. The SMILES string of the molecule is CC.CCOCC.O=C(O)C1CCCN1.O=CO. The van der Waals surface area contributed by atoms with Crippen molar-refractivity contribution in [3.63, 3.8) is 0 Å². The normalized spacial score (nSPS) is 15.9. The Labute approximate surface area is 109 Å². The van der Waals surface area contributed by atoms with E-state index in [4.69, 9.17) is 19.7 Å². The molecule has 1 fully saturated rings. The van der Waals surface area contributed by atoms with E-state index in [2.05, 4.69) is 5.32 Å². The summed E-state index contributed by atoms with van der Waals surface area (Å²) in [6.07, 6.45) is 1.78. The molecule has 0 aromatic carbocycles. The minimum atomic E-state index is -0.720. The first-order chi connectivity index (χ1) is 8.63. The zero-order valence-corrected chi connectivity index (χ0v) is 11.8. The third kappa shape index (κ3) is 20.3. The van der Waals surface area contributed by atoms with E-state index in [-0.39, 0.29) is 12.5 Å². The van der Waals surface area contributed by atoms with Crippen molar-refractivity contribution in [2.75, 3.05) is 19.8 Å². The number of rotatable bonds is 3. The monoisotopic (exact) mass is 265 g/mol. The van der Waals surface area contributed by atoms with Gasteiger partial charge < -0.3 is 20.3 Å². The molecule has 0 radical (unpaired) electrons. The number of hydrogen-bond donors (Lipinski definition) is 3. The van der Waals surface area contributed by atoms with Crippen LogP contribution in [-0.4, -0.2) is 48.5 Å². The maximum absolute atomic E-state index is 10.1. The van der Waals surface area contributed by atoms with Crippen LogP contribution in [0.3, 0.4) is 0 Å². The van der Waals surface area contributed by atoms with Crippen LogP contribution in [0.25, 0.3) is 0 Å². The van der Waals surface area contributed by atoms with Crippen LogP contribution in [0.4, 0.5) is 0 Å². The lowest BCUT2D eigenvalue weighted by Gasteiger charge is -1.99. The first kappa shape index (κ1) is 22.1. The first-order valence-corrected chi connectivity index (χ1v) is 6.25. The van der Waals surface area contributed by atoms with Crippen LogP contribution >= 0.6 is 0 Å². The zero-order valence-electron chi connectivity index (χ0n) is 11.8. The fraction of sp³-hybridized carbons (Fsp3) is 0.833. The fourth-order valence-electron chi connectivity index (χ4n) is 1.10. The molecular formula is C12H27NO5. The maximum Gasteiger partial charge on any atom is 0.320 e. The van der Waals surface area contributed by atoms with E-state index >= 15 is 0 Å². The molecule has 0 aromatic heterocycles. The Hall–Kier alpha value is -1.14. The molecule has 0 amide bonds. The lowest BCUT2D eigenvalue weighted by atomic mass is 10.2. The molecular weight excluding hydrogens is 238 g/mol. The van der Waals surface area contributed by atoms with Crippen LogP contribution in [0.1, 0.15) is 40.5 Å². The van der Waals surface area contributed by atoms with Gasteiger partial charge in [0.05, 0.1) is 0 Å². The van der Waals surface area contributed by atoms with Crippen LogP contribution in [-0.2, 0) is 14.3 Å². The molecule has 1 saturated heterocycles. The summed E-state index contributed by atoms with van der Waals surface area (Å²) in [7, 11) is 0. The lowest BCUT2D eigenvalue weighted by Crippen LogP contribution is -2.29. The van der Waals surface area contributed by atoms with Crippen molar-refractivity contribution in [3.8, 4) is 0 Å². The number of carboxylic acids is 1. The minimum Gasteiger partial charge on any atom is -0.483 e. The van der Waals surface area contributed by atoms with Gasteiger partial charge in [0.25, 0.3) is 6.47 Å². The van der Waals surface area contributed by atoms with Gasteiger partial charge in [-0.3, -0.25) is 9.59 Å². The van der Waals surface area contributed by atoms with Crippen LogP contribution in [0, 0.1) is 0 Å². The summed E-state index contributed by atoms with van der Waals surface area (Å²) in [5.41, 5.74) is 0. The highest BCUT2D eigenvalue weighted by molar-refractivity contribution is 5.73. The van der Waals surface area contributed by atoms with Gasteiger partial charge >= 0.3 is 5.97 Å². The van der Waals surface area contributed by atoms with Gasteiger partial charge in [-0.15, -0.1) is 0 Å². The van der Waals surface area contributed by atoms with Gasteiger partial charge in [-0.25, -0.2) is 0 Å². The van der Waals surface area contributed by atoms with E-state index in [1.807, 2.05) is 27.7 Å². The second kappa shape index (κ2) is 21.2. The van der Waals surface area contributed by atoms with Gasteiger partial charge in [-0.2, -0.15) is 0 Å². The Bertz CT molecular complexity index is 168. The summed E-state index contributed by atoms with van der Waals surface area (Å²) in [6.45, 7) is 10.3. The highest BCUT2D eigenvalue weighted by atomic mass is 16.5. The average molecular weight is 265 g/mol. The molecule has 0 aromatic rings. The van der Waals surface area contributed by atoms with E-state index in [9.17, 15) is 4.79 Å². The molecule has 6 heteroatoms. The summed E-state index contributed by atoms with van der Waals surface area (Å²) in [4.78, 5) is 18.5. The van der Waals surface area contributed by atoms with Crippen molar-refractivity contribution >= 4 is 12.4 Å². The highest BCUT2D eigenvalue weighted by Gasteiger charge is 2.20. The molecule has 1 rings (SSSR count). The molecule has 1 unspecified atom stereocenters. The second-order valence-electron chi connectivity index (χ2n) is 2.87. The summed E-state index contributed by atoms with van der Waals surface area (Å²) < 4.78 is 4.83. The summed E-state index contributed by atoms with van der Waals surface area (Å²) in [5, 5.41) is 18.1. The van der Waals surface area contributed by atoms with Crippen molar-refractivity contribution in [2.45, 2.75) is 46.6 Å². The Morgan fingerprint density at radius 2 is 1.83 bits per heavy atom. The van der Waals surface area contributed by atoms with Gasteiger partial charge in [-0.05, 0) is 33.2 Å². The molecule has 1 aliphatic rings. The Morgan fingerprint density at radius 3 is 1.94 bits per heavy atom. The van der Waals surface area contributed by atoms with Gasteiger partial charge in [0, 0.05) is 13.2 Å². The summed E-state index contributed by atoms with van der Waals surface area (Å²) in [6, 6.07) is -0.269. The van der Waals surface area contributed by atoms with Gasteiger partial charge in [0.2, 0.25) is 0 Å². The molecule has 0 bridgehead atoms. The third-order valence-corrected chi connectivity index (χ3v) is 1.77. The van der Waals surface area contributed by atoms with Crippen LogP contribution < -0.4 is 5.32 Å². The minimum absolute atomic E-state index is 0.250. The fourth-order valence-corrected chi connectivity index (χ4v) is 1.10. The number of carboxylic acid groups (broad SMARTS) is 2. The van der Waals surface area contributed by atoms with Crippen LogP contribution in [0.15, 0.2) is 0 Å². The molecule has 1 heterocycles. The molecule has 18 heavy (non-hydrogen) atoms. The maximum atomic E-state index is 10.1. The first-order valence-electron chi connectivity index (χ1n) is 6.25. The van der Waals surface area contributed by atoms with Crippen molar-refractivity contribution in [1.29, 1.82) is 0 Å². The summed E-state index contributed by atoms with van der Waals surface area (Å²) >= 11 is 0. The van der Waals surface area contributed by atoms with E-state index in [1.165, 1.54) is 0 Å². The quantitative estimate of drug-likeness (QED) is 0.671. The predicted octanol–water partition coefficient (Wildman–Crippen LogP) is 1.59. The number of nitrogens with one attached hydrogen (secondary N) is 1. The molecule has 0 spiro atoms. The molecule has 1 aliphatic heterocycles. The summed E-state index contributed by atoms with van der Waals surface area (Å²) in [5.74, 6) is -0.720. The Balaban J connectivity index is -0.000000196. The van der Waals surface area contributed by atoms with E-state index < -0.39 is 5.97 Å². The Kier molecular flexibility index (Phi) is 26.0. The van der Waals surface area contributed by atoms with Crippen LogP contribution in [0.5, 0.6) is 0 Å². The number of aliphatic carboxylic acids is 1. The zero-order chi connectivity index (χ0) is 14.8. The highest BCUT2D eigenvalue weighted by Crippen LogP contribution is 2.03. The van der Waals surface area contributed by atoms with Gasteiger partial charge in [-0.1, -0.05) is 13.8 Å². The van der Waals surface area contributed by atoms with Crippen molar-refractivity contribution < 1.29 is 24.5 Å². The standard InChI is InChI=1S/C5H9NO2.C4H10O.C2H6.CH2O2/c7-5(8)4-2-1-3-6-4;1-3-5-4-2;1-2;2-1-3/h4,6H,1-3H2,(H,7,8);3-4H2,1-2H3;1-2H3;1H,(H,2,3). The lowest BCUT2D eigenvalue weighted by molar-refractivity contribution is -0.139. The number of hydrogen-bond acceptors (Lipinski definition) is 4. The predicted molar refractivity (Wildman–Crippen MR) is 70.9 cm³/mol. The van der Waals surface area contributed by atoms with Crippen LogP contribution in [0.2, 0.25) is 0 Å². The molecule has 110 valence electrons. The smallest absolute Gasteiger partial charge is 0.320 e. The Morgan fingerprint density at radius 1 is 1.39 bits per heavy atom. The van der Waals surface area contributed by atoms with Crippen molar-refractivity contribution in [1.82, 2.24) is 5.32 Å². The average Bonchev–Trinajstić information content (AvgIpc) is 2.88. The van der Waals surface area contributed by atoms with Crippen molar-refractivity contribution in [3.05, 3.63) is 0 Å². The van der Waals surface area contributed by atoms with Gasteiger partial charge in [0.1, 0.15) is 6.04 Å². The number of ether oxygens (including phenoxy) is 1. The molecule has 0 saturated carbocycles.